The molecule has 1 saturated heterocycles. The number of pyridine rings is 1. The zero-order valence-electron chi connectivity index (χ0n) is 22.1. The van der Waals surface area contributed by atoms with Crippen LogP contribution in [0.25, 0.3) is 5.57 Å². The van der Waals surface area contributed by atoms with Gasteiger partial charge in [0.2, 0.25) is 0 Å². The molecular weight excluding hydrogens is 405 g/mol. The number of rotatable bonds is 3. The van der Waals surface area contributed by atoms with Crippen LogP contribution in [0.2, 0.25) is 0 Å². The fraction of sp³-hybridized carbons (Fsp3) is 0.552. The molecule has 0 unspecified atom stereocenters. The molecule has 176 valence electrons. The Morgan fingerprint density at radius 2 is 1.58 bits per heavy atom. The largest absolute Gasteiger partial charge is 0.496 e. The highest BCUT2D eigenvalue weighted by Crippen LogP contribution is 2.44. The maximum absolute atomic E-state index is 6.18. The predicted octanol–water partition coefficient (Wildman–Crippen LogP) is 6.39. The molecule has 2 heterocycles. The molecule has 3 nitrogen and oxygen atoms in total. The second-order valence-electron chi connectivity index (χ2n) is 12.6. The van der Waals surface area contributed by atoms with E-state index in [0.29, 0.717) is 5.41 Å². The monoisotopic (exact) mass is 445 g/mol. The van der Waals surface area contributed by atoms with Crippen LogP contribution in [-0.2, 0) is 21.1 Å². The van der Waals surface area contributed by atoms with Gasteiger partial charge in [0.1, 0.15) is 0 Å². The van der Waals surface area contributed by atoms with Crippen LogP contribution in [0.15, 0.2) is 37.0 Å². The molecule has 1 aromatic carbocycles. The van der Waals surface area contributed by atoms with E-state index in [4.69, 9.17) is 14.3 Å². The topological polar surface area (TPSA) is 31.4 Å². The Morgan fingerprint density at radius 1 is 0.939 bits per heavy atom. The summed E-state index contributed by atoms with van der Waals surface area (Å²) in [6.07, 6.45) is 5.43. The highest BCUT2D eigenvalue weighted by atomic mass is 16.7. The minimum atomic E-state index is -0.400. The minimum absolute atomic E-state index is 0.153. The van der Waals surface area contributed by atoms with Crippen molar-refractivity contribution in [1.29, 1.82) is 0 Å². The van der Waals surface area contributed by atoms with Crippen molar-refractivity contribution in [3.63, 3.8) is 0 Å². The molecule has 1 aliphatic heterocycles. The van der Waals surface area contributed by atoms with Gasteiger partial charge in [-0.15, -0.1) is 0 Å². The molecule has 1 aliphatic carbocycles. The molecule has 0 amide bonds. The van der Waals surface area contributed by atoms with Crippen LogP contribution in [0, 0.1) is 12.3 Å². The summed E-state index contributed by atoms with van der Waals surface area (Å²) in [7, 11) is -0.400. The van der Waals surface area contributed by atoms with Crippen LogP contribution >= 0.6 is 0 Å². The van der Waals surface area contributed by atoms with Crippen LogP contribution in [0.3, 0.4) is 0 Å². The second-order valence-corrected chi connectivity index (χ2v) is 12.6. The van der Waals surface area contributed by atoms with E-state index < -0.39 is 7.12 Å². The number of aryl methyl sites for hydroxylation is 1. The third-order valence-corrected chi connectivity index (χ3v) is 8.22. The summed E-state index contributed by atoms with van der Waals surface area (Å²) in [6, 6.07) is 8.88. The van der Waals surface area contributed by atoms with Gasteiger partial charge in [0.25, 0.3) is 0 Å². The number of aromatic nitrogens is 1. The van der Waals surface area contributed by atoms with Crippen molar-refractivity contribution < 1.29 is 9.31 Å². The van der Waals surface area contributed by atoms with Gasteiger partial charge < -0.3 is 9.31 Å². The molecule has 2 aliphatic rings. The highest BCUT2D eigenvalue weighted by molar-refractivity contribution is 6.62. The van der Waals surface area contributed by atoms with Crippen LogP contribution in [0.4, 0.5) is 0 Å². The van der Waals surface area contributed by atoms with E-state index in [2.05, 4.69) is 87.1 Å². The molecule has 4 rings (SSSR count). The number of nitrogens with zero attached hydrogens (tertiary/aromatic N) is 1. The van der Waals surface area contributed by atoms with Crippen LogP contribution < -0.4 is 5.46 Å². The fourth-order valence-corrected chi connectivity index (χ4v) is 5.10. The van der Waals surface area contributed by atoms with Crippen molar-refractivity contribution in [3.8, 4) is 0 Å². The van der Waals surface area contributed by atoms with Crippen molar-refractivity contribution in [1.82, 2.24) is 4.98 Å². The van der Waals surface area contributed by atoms with Gasteiger partial charge in [-0.3, -0.25) is 4.98 Å². The van der Waals surface area contributed by atoms with Gasteiger partial charge in [-0.05, 0) is 93.0 Å². The van der Waals surface area contributed by atoms with Crippen molar-refractivity contribution in [2.45, 2.75) is 98.2 Å². The number of hydrogen-bond donors (Lipinski definition) is 0. The van der Waals surface area contributed by atoms with Crippen LogP contribution in [0.5, 0.6) is 0 Å². The van der Waals surface area contributed by atoms with Gasteiger partial charge in [-0.2, -0.15) is 0 Å². The van der Waals surface area contributed by atoms with E-state index in [0.717, 1.165) is 23.2 Å². The van der Waals surface area contributed by atoms with E-state index in [9.17, 15) is 0 Å². The maximum atomic E-state index is 6.18. The van der Waals surface area contributed by atoms with Gasteiger partial charge in [0, 0.05) is 17.2 Å². The quantitative estimate of drug-likeness (QED) is 0.405. The third-order valence-electron chi connectivity index (χ3n) is 8.22. The summed E-state index contributed by atoms with van der Waals surface area (Å²) in [6.45, 7) is 24.5. The molecule has 1 fully saturated rings. The fourth-order valence-electron chi connectivity index (χ4n) is 5.10. The lowest BCUT2D eigenvalue weighted by atomic mass is 9.77. The lowest BCUT2D eigenvalue weighted by Crippen LogP contribution is -2.41. The molecule has 0 atom stereocenters. The lowest BCUT2D eigenvalue weighted by Gasteiger charge is -2.32. The van der Waals surface area contributed by atoms with Gasteiger partial charge in [-0.25, -0.2) is 0 Å². The molecule has 0 radical (unpaired) electrons. The Kier molecular flexibility index (Phi) is 5.74. The zero-order chi connectivity index (χ0) is 24.4. The molecule has 2 aromatic rings. The third kappa shape index (κ3) is 4.45. The molecule has 0 saturated carbocycles. The average molecular weight is 445 g/mol. The summed E-state index contributed by atoms with van der Waals surface area (Å²) in [4.78, 5) is 4.77. The second kappa shape index (κ2) is 7.82. The van der Waals surface area contributed by atoms with Crippen molar-refractivity contribution in [2.75, 3.05) is 0 Å². The van der Waals surface area contributed by atoms with Gasteiger partial charge >= 0.3 is 7.12 Å². The van der Waals surface area contributed by atoms with Gasteiger partial charge in [-0.1, -0.05) is 52.5 Å². The van der Waals surface area contributed by atoms with E-state index >= 15 is 0 Å². The Labute approximate surface area is 201 Å². The van der Waals surface area contributed by atoms with E-state index in [1.807, 2.05) is 12.3 Å². The summed E-state index contributed by atoms with van der Waals surface area (Å²) < 4.78 is 12.4. The molecule has 33 heavy (non-hydrogen) atoms. The Bertz CT molecular complexity index is 1060. The predicted molar refractivity (Wildman–Crippen MR) is 139 cm³/mol. The van der Waals surface area contributed by atoms with Crippen LogP contribution in [0.1, 0.15) is 96.2 Å². The number of fused-ring (bicyclic) bond motifs is 1. The van der Waals surface area contributed by atoms with Crippen molar-refractivity contribution >= 4 is 18.2 Å². The first-order chi connectivity index (χ1) is 15.1. The molecule has 0 bridgehead atoms. The molecule has 0 spiro atoms. The van der Waals surface area contributed by atoms with E-state index in [-0.39, 0.29) is 16.6 Å². The normalized spacial score (nSPS) is 22.5. The highest BCUT2D eigenvalue weighted by Gasteiger charge is 2.51. The molecular formula is C29H40BNO2. The SMILES string of the molecule is C=C(c1ccc(B2OC(C)(C)C(C)(C)O2)cn1)c1cc2c(cc1C)CC(C)(C)CCC2(C)C. The summed E-state index contributed by atoms with van der Waals surface area (Å²) in [5, 5.41) is 0. The average Bonchev–Trinajstić information content (AvgIpc) is 2.87. The standard InChI is InChI=1S/C29H40BNO2/c1-19-15-21-17-26(3,4)13-14-27(5,6)24(21)16-23(19)20(2)25-12-11-22(18-31-25)30-32-28(7,8)29(9,10)33-30/h11-12,15-16,18H,2,13-14,17H2,1,3-10H3. The van der Waals surface area contributed by atoms with Crippen LogP contribution in [-0.4, -0.2) is 23.3 Å². The first-order valence-corrected chi connectivity index (χ1v) is 12.3. The summed E-state index contributed by atoms with van der Waals surface area (Å²) in [5.74, 6) is 0. The smallest absolute Gasteiger partial charge is 0.399 e. The molecule has 0 N–H and O–H groups in total. The summed E-state index contributed by atoms with van der Waals surface area (Å²) in [5.41, 5.74) is 7.97. The lowest BCUT2D eigenvalue weighted by molar-refractivity contribution is 0.00578. The number of hydrogen-bond acceptors (Lipinski definition) is 3. The summed E-state index contributed by atoms with van der Waals surface area (Å²) >= 11 is 0. The Hall–Kier alpha value is -1.91. The van der Waals surface area contributed by atoms with E-state index in [1.165, 1.54) is 35.1 Å². The Balaban J connectivity index is 1.64. The Morgan fingerprint density at radius 3 is 2.15 bits per heavy atom. The van der Waals surface area contributed by atoms with Crippen molar-refractivity contribution in [2.24, 2.45) is 5.41 Å². The van der Waals surface area contributed by atoms with E-state index in [1.54, 1.807) is 0 Å². The maximum Gasteiger partial charge on any atom is 0.496 e. The molecule has 4 heteroatoms. The first kappa shape index (κ1) is 24.2. The minimum Gasteiger partial charge on any atom is -0.399 e. The van der Waals surface area contributed by atoms with Crippen molar-refractivity contribution in [3.05, 3.63) is 65.0 Å². The zero-order valence-corrected chi connectivity index (χ0v) is 22.1. The van der Waals surface area contributed by atoms with Gasteiger partial charge in [0.05, 0.1) is 16.9 Å². The number of benzene rings is 1. The first-order valence-electron chi connectivity index (χ1n) is 12.3. The van der Waals surface area contributed by atoms with Gasteiger partial charge in [0.15, 0.2) is 0 Å². The molecule has 1 aromatic heterocycles.